The molecule has 3 heterocycles. The molecule has 3 rings (SSSR count). The van der Waals surface area contributed by atoms with E-state index in [1.54, 1.807) is 0 Å². The van der Waals surface area contributed by atoms with Crippen LogP contribution in [-0.4, -0.2) is 38.3 Å². The third-order valence-electron chi connectivity index (χ3n) is 2.79. The van der Waals surface area contributed by atoms with Gasteiger partial charge in [0.1, 0.15) is 17.2 Å². The number of nitrogens with two attached hydrogens (primary N) is 3. The number of methoxy groups -OCH3 is 1. The molecular weight excluding hydrogens is 485 g/mol. The summed E-state index contributed by atoms with van der Waals surface area (Å²) in [6.45, 7) is 0. The number of esters is 1. The average molecular weight is 513 g/mol. The molecule has 15 heteroatoms. The van der Waals surface area contributed by atoms with Crippen LogP contribution in [0.25, 0.3) is 11.0 Å². The maximum absolute atomic E-state index is 12.6. The Bertz CT molecular complexity index is 1090. The van der Waals surface area contributed by atoms with E-state index in [0.29, 0.717) is 0 Å². The first-order valence-corrected chi connectivity index (χ1v) is 7.72. The van der Waals surface area contributed by atoms with Gasteiger partial charge in [-0.05, 0) is 11.6 Å². The topological polar surface area (TPSA) is 200 Å². The van der Waals surface area contributed by atoms with E-state index < -0.39 is 23.2 Å². The number of rotatable bonds is 1. The Labute approximate surface area is 200 Å². The van der Waals surface area contributed by atoms with Crippen LogP contribution in [0.2, 0.25) is 0 Å². The smallest absolute Gasteiger partial charge is 0.358 e. The van der Waals surface area contributed by atoms with E-state index in [-0.39, 0.29) is 68.3 Å². The molecule has 186 valence electrons. The van der Waals surface area contributed by atoms with Crippen LogP contribution in [0.15, 0.2) is 29.3 Å². The third-order valence-corrected chi connectivity index (χ3v) is 2.79. The highest BCUT2D eigenvalue weighted by atomic mass is 35.5. The number of nitrogens with one attached hydrogen (secondary N) is 2. The quantitative estimate of drug-likeness (QED) is 0.140. The first kappa shape index (κ1) is 36.8. The van der Waals surface area contributed by atoms with Crippen molar-refractivity contribution in [2.75, 3.05) is 18.6 Å². The van der Waals surface area contributed by atoms with Crippen molar-refractivity contribution >= 4 is 57.9 Å². The lowest BCUT2D eigenvalue weighted by Gasteiger charge is -2.00. The van der Waals surface area contributed by atoms with Crippen LogP contribution in [0, 0.1) is 17.0 Å². The number of halogens is 4. The largest absolute Gasteiger partial charge is 0.464 e. The van der Waals surface area contributed by atoms with Gasteiger partial charge in [0.05, 0.1) is 25.2 Å². The zero-order valence-electron chi connectivity index (χ0n) is 15.1. The van der Waals surface area contributed by atoms with Crippen molar-refractivity contribution in [3.05, 3.63) is 52.2 Å². The van der Waals surface area contributed by atoms with Gasteiger partial charge < -0.3 is 21.9 Å². The summed E-state index contributed by atoms with van der Waals surface area (Å²) in [5, 5.41) is 5.68. The predicted octanol–water partition coefficient (Wildman–Crippen LogP) is 3.08. The van der Waals surface area contributed by atoms with Crippen LogP contribution in [-0.2, 0) is 4.74 Å². The molecule has 0 atom stereocenters. The molecule has 3 aromatic heterocycles. The molecule has 0 aromatic carbocycles. The number of amidine groups is 1. The number of anilines is 2. The second kappa shape index (κ2) is 17.0. The fourth-order valence-corrected chi connectivity index (χ4v) is 1.74. The van der Waals surface area contributed by atoms with E-state index in [9.17, 15) is 18.4 Å². The molecule has 0 radical (unpaired) electrons. The van der Waals surface area contributed by atoms with E-state index in [1.807, 2.05) is 0 Å². The van der Waals surface area contributed by atoms with E-state index in [1.165, 1.54) is 7.11 Å². The Hall–Kier alpha value is -3.58. The molecule has 0 bridgehead atoms. The van der Waals surface area contributed by atoms with E-state index in [4.69, 9.17) is 16.9 Å². The van der Waals surface area contributed by atoms with Crippen LogP contribution >= 0.6 is 24.0 Å². The Kier molecular flexibility index (Phi) is 19.0. The highest BCUT2D eigenvalue weighted by Crippen LogP contribution is 2.10. The van der Waals surface area contributed by atoms with Gasteiger partial charge in [-0.1, -0.05) is 22.3 Å². The summed E-state index contributed by atoms with van der Waals surface area (Å²) >= 11 is 4.64. The fraction of sp³-hybridized carbons (Fsp3) is 0.222. The molecule has 0 aliphatic heterocycles. The minimum atomic E-state index is -0.674. The van der Waals surface area contributed by atoms with Gasteiger partial charge in [0.25, 0.3) is 5.56 Å². The van der Waals surface area contributed by atoms with Gasteiger partial charge in [-0.15, -0.1) is 12.4 Å². The molecule has 0 fully saturated rings. The Morgan fingerprint density at radius 1 is 1.12 bits per heavy atom. The van der Waals surface area contributed by atoms with Gasteiger partial charge in [-0.2, -0.15) is 0 Å². The molecule has 8 N–H and O–H groups in total. The number of hydrogen-bond donors (Lipinski definition) is 5. The first-order valence-electron chi connectivity index (χ1n) is 7.35. The number of carbonyl (C=O) groups excluding carboxylic acids is 1. The number of fused-ring (bicyclic) bond motifs is 1. The van der Waals surface area contributed by atoms with Gasteiger partial charge >= 0.3 is 5.97 Å². The number of aromatic nitrogens is 4. The molecule has 0 aliphatic carbocycles. The molecule has 0 saturated carbocycles. The lowest BCUT2D eigenvalue weighted by atomic mass is 10.3. The summed E-state index contributed by atoms with van der Waals surface area (Å²) in [5.74, 6) is -1.86. The number of carbonyl (C=O) groups is 1. The van der Waals surface area contributed by atoms with E-state index in [0.717, 1.165) is 24.5 Å². The van der Waals surface area contributed by atoms with E-state index >= 15 is 0 Å². The van der Waals surface area contributed by atoms with Crippen LogP contribution in [0.5, 0.6) is 0 Å². The number of H-pyrrole nitrogens is 1. The second-order valence-electron chi connectivity index (χ2n) is 4.90. The summed E-state index contributed by atoms with van der Waals surface area (Å²) in [4.78, 5) is 35.0. The van der Waals surface area contributed by atoms with E-state index in [2.05, 4.69) is 42.0 Å². The molecular formula is C18H28Cl2F2N8O3. The maximum Gasteiger partial charge on any atom is 0.358 e. The summed E-state index contributed by atoms with van der Waals surface area (Å²) < 4.78 is 29.4. The molecule has 0 saturated heterocycles. The van der Waals surface area contributed by atoms with Crippen molar-refractivity contribution in [3.63, 3.8) is 0 Å². The van der Waals surface area contributed by atoms with Crippen molar-refractivity contribution < 1.29 is 18.3 Å². The maximum atomic E-state index is 12.6. The number of pyridine rings is 2. The monoisotopic (exact) mass is 512 g/mol. The minimum absolute atomic E-state index is 0. The van der Waals surface area contributed by atoms with Gasteiger partial charge in [-0.3, -0.25) is 15.2 Å². The molecule has 3 aromatic rings. The molecule has 0 unspecified atom stereocenters. The average Bonchev–Trinajstić information content (AvgIpc) is 2.60. The molecule has 11 nitrogen and oxygen atoms in total. The van der Waals surface area contributed by atoms with Crippen LogP contribution < -0.4 is 22.8 Å². The van der Waals surface area contributed by atoms with Gasteiger partial charge in [0.2, 0.25) is 5.95 Å². The Morgan fingerprint density at radius 3 is 2.09 bits per heavy atom. The van der Waals surface area contributed by atoms with Crippen LogP contribution in [0.4, 0.5) is 20.4 Å². The SMILES string of the molecule is C.C.C.COC(=O)c1ncc(F)cc1N.Cl.N=C(N)Cl.Nc1nc2cc(F)cnc2c(=O)[nH]1. The van der Waals surface area contributed by atoms with Gasteiger partial charge in [-0.25, -0.2) is 28.5 Å². The fourth-order valence-electron chi connectivity index (χ4n) is 1.74. The summed E-state index contributed by atoms with van der Waals surface area (Å²) in [6, 6.07) is 2.12. The Balaban J connectivity index is -0.000000199. The van der Waals surface area contributed by atoms with Crippen molar-refractivity contribution in [2.45, 2.75) is 22.3 Å². The summed E-state index contributed by atoms with van der Waals surface area (Å²) in [5.41, 5.74) is 14.7. The van der Waals surface area contributed by atoms with Gasteiger partial charge in [0.15, 0.2) is 16.5 Å². The number of nitrogens with zero attached hydrogens (tertiary/aromatic N) is 3. The Morgan fingerprint density at radius 2 is 1.61 bits per heavy atom. The van der Waals surface area contributed by atoms with Crippen molar-refractivity contribution in [3.8, 4) is 0 Å². The van der Waals surface area contributed by atoms with Crippen molar-refractivity contribution in [2.24, 2.45) is 5.73 Å². The molecule has 0 amide bonds. The number of nitrogen functional groups attached to an aromatic ring is 2. The molecule has 0 spiro atoms. The lowest BCUT2D eigenvalue weighted by Crippen LogP contribution is -2.12. The highest BCUT2D eigenvalue weighted by Gasteiger charge is 2.11. The summed E-state index contributed by atoms with van der Waals surface area (Å²) in [7, 11) is 1.20. The zero-order valence-corrected chi connectivity index (χ0v) is 16.7. The number of aromatic amines is 1. The normalized spacial score (nSPS) is 8.36. The van der Waals surface area contributed by atoms with Crippen LogP contribution in [0.1, 0.15) is 32.8 Å². The summed E-state index contributed by atoms with van der Waals surface area (Å²) in [6.07, 6.45) is 1.86. The second-order valence-corrected chi connectivity index (χ2v) is 5.31. The highest BCUT2D eigenvalue weighted by molar-refractivity contribution is 6.63. The molecule has 0 aliphatic rings. The number of ether oxygens (including phenoxy) is 1. The minimum Gasteiger partial charge on any atom is -0.464 e. The van der Waals surface area contributed by atoms with Crippen molar-refractivity contribution in [1.29, 1.82) is 5.41 Å². The lowest BCUT2D eigenvalue weighted by molar-refractivity contribution is 0.0595. The standard InChI is InChI=1S/C7H5FN4O.C7H7FN2O2.CH3ClN2.3CH4.ClH/c8-3-1-4-5(10-2-3)6(13)12-7(9)11-4;1-12-7(11)6-5(9)2-4(8)3-10-6;2-1(3)4;;;;/h1-2H,(H3,9,11,12,13);2-3H,9H2,1H3;(H3,3,4);3*1H4;1H. The van der Waals surface area contributed by atoms with Crippen LogP contribution in [0.3, 0.4) is 0 Å². The molecule has 33 heavy (non-hydrogen) atoms. The van der Waals surface area contributed by atoms with Gasteiger partial charge in [0, 0.05) is 12.1 Å². The predicted molar refractivity (Wildman–Crippen MR) is 130 cm³/mol. The first-order chi connectivity index (χ1) is 13.5. The zero-order chi connectivity index (χ0) is 22.1. The third kappa shape index (κ3) is 12.1. The van der Waals surface area contributed by atoms with Crippen molar-refractivity contribution in [1.82, 2.24) is 19.9 Å². The number of hydrogen-bond acceptors (Lipinski definition) is 9.